The van der Waals surface area contributed by atoms with Crippen molar-refractivity contribution in [3.63, 3.8) is 0 Å². The van der Waals surface area contributed by atoms with Gasteiger partial charge in [-0.25, -0.2) is 9.78 Å². The van der Waals surface area contributed by atoms with Crippen LogP contribution in [0.15, 0.2) is 60.1 Å². The van der Waals surface area contributed by atoms with E-state index in [0.717, 1.165) is 16.8 Å². The SMILES string of the molecule is CCOC(=O)c1c(-c2ccccc2)csc1NC(=O)c1nc2ccccn2c1CN(C)C. The molecule has 0 saturated heterocycles. The first-order valence-electron chi connectivity index (χ1n) is 10.3. The van der Waals surface area contributed by atoms with Crippen LogP contribution < -0.4 is 5.32 Å². The molecule has 0 fully saturated rings. The number of nitrogens with zero attached hydrogens (tertiary/aromatic N) is 3. The van der Waals surface area contributed by atoms with Gasteiger partial charge in [-0.15, -0.1) is 11.3 Å². The molecule has 0 saturated carbocycles. The Balaban J connectivity index is 1.74. The largest absolute Gasteiger partial charge is 0.462 e. The number of carbonyl (C=O) groups excluding carboxylic acids is 2. The third-order valence-electron chi connectivity index (χ3n) is 4.89. The number of anilines is 1. The van der Waals surface area contributed by atoms with Gasteiger partial charge in [0.05, 0.1) is 12.3 Å². The van der Waals surface area contributed by atoms with Gasteiger partial charge in [0, 0.05) is 23.7 Å². The smallest absolute Gasteiger partial charge is 0.341 e. The van der Waals surface area contributed by atoms with Crippen molar-refractivity contribution in [2.24, 2.45) is 0 Å². The number of hydrogen-bond donors (Lipinski definition) is 1. The summed E-state index contributed by atoms with van der Waals surface area (Å²) < 4.78 is 7.20. The van der Waals surface area contributed by atoms with Crippen molar-refractivity contribution in [1.82, 2.24) is 14.3 Å². The van der Waals surface area contributed by atoms with E-state index >= 15 is 0 Å². The van der Waals surface area contributed by atoms with E-state index in [-0.39, 0.29) is 12.5 Å². The summed E-state index contributed by atoms with van der Waals surface area (Å²) in [5.74, 6) is -0.830. The molecule has 1 amide bonds. The van der Waals surface area contributed by atoms with E-state index in [1.165, 1.54) is 11.3 Å². The maximum atomic E-state index is 13.3. The van der Waals surface area contributed by atoms with Gasteiger partial charge in [0.1, 0.15) is 16.2 Å². The lowest BCUT2D eigenvalue weighted by molar-refractivity contribution is 0.0529. The number of carbonyl (C=O) groups is 2. The van der Waals surface area contributed by atoms with E-state index in [2.05, 4.69) is 10.3 Å². The van der Waals surface area contributed by atoms with Gasteiger partial charge in [-0.3, -0.25) is 4.79 Å². The number of fused-ring (bicyclic) bond motifs is 1. The van der Waals surface area contributed by atoms with Gasteiger partial charge >= 0.3 is 5.97 Å². The van der Waals surface area contributed by atoms with E-state index in [1.807, 2.05) is 83.5 Å². The van der Waals surface area contributed by atoms with Gasteiger partial charge in [0.2, 0.25) is 0 Å². The van der Waals surface area contributed by atoms with Gasteiger partial charge in [0.25, 0.3) is 5.91 Å². The summed E-state index contributed by atoms with van der Waals surface area (Å²) >= 11 is 1.30. The Morgan fingerprint density at radius 2 is 1.88 bits per heavy atom. The summed E-state index contributed by atoms with van der Waals surface area (Å²) in [4.78, 5) is 32.6. The highest BCUT2D eigenvalue weighted by molar-refractivity contribution is 7.15. The molecule has 8 heteroatoms. The molecule has 0 aliphatic rings. The predicted octanol–water partition coefficient (Wildman–Crippen LogP) is 4.55. The van der Waals surface area contributed by atoms with E-state index in [4.69, 9.17) is 4.74 Å². The minimum atomic E-state index is -0.466. The molecule has 7 nitrogen and oxygen atoms in total. The Morgan fingerprint density at radius 3 is 2.59 bits per heavy atom. The number of ether oxygens (including phenoxy) is 1. The predicted molar refractivity (Wildman–Crippen MR) is 126 cm³/mol. The van der Waals surface area contributed by atoms with Gasteiger partial charge in [-0.05, 0) is 38.7 Å². The molecule has 32 heavy (non-hydrogen) atoms. The highest BCUT2D eigenvalue weighted by Crippen LogP contribution is 2.36. The zero-order chi connectivity index (χ0) is 22.7. The van der Waals surface area contributed by atoms with E-state index < -0.39 is 5.97 Å². The van der Waals surface area contributed by atoms with Crippen molar-refractivity contribution >= 4 is 33.9 Å². The van der Waals surface area contributed by atoms with Crippen LogP contribution in [0, 0.1) is 0 Å². The first-order chi connectivity index (χ1) is 15.5. The number of rotatable bonds is 7. The van der Waals surface area contributed by atoms with Crippen LogP contribution in [0.5, 0.6) is 0 Å². The Hall–Kier alpha value is -3.49. The third-order valence-corrected chi connectivity index (χ3v) is 5.79. The molecule has 0 radical (unpaired) electrons. The number of nitrogens with one attached hydrogen (secondary N) is 1. The lowest BCUT2D eigenvalue weighted by Gasteiger charge is -2.12. The Bertz CT molecular complexity index is 1260. The Labute approximate surface area is 190 Å². The second-order valence-corrected chi connectivity index (χ2v) is 8.35. The molecule has 1 aromatic carbocycles. The number of imidazole rings is 1. The average molecular weight is 449 g/mol. The molecule has 0 atom stereocenters. The molecule has 0 unspecified atom stereocenters. The van der Waals surface area contributed by atoms with Crippen molar-refractivity contribution in [2.75, 3.05) is 26.0 Å². The van der Waals surface area contributed by atoms with Crippen molar-refractivity contribution < 1.29 is 14.3 Å². The number of aromatic nitrogens is 2. The third kappa shape index (κ3) is 4.28. The van der Waals surface area contributed by atoms with E-state index in [9.17, 15) is 9.59 Å². The summed E-state index contributed by atoms with van der Waals surface area (Å²) in [6, 6.07) is 15.2. The molecule has 4 aromatic rings. The second-order valence-electron chi connectivity index (χ2n) is 7.47. The van der Waals surface area contributed by atoms with Crippen LogP contribution >= 0.6 is 11.3 Å². The van der Waals surface area contributed by atoms with Crippen LogP contribution in [0.3, 0.4) is 0 Å². The zero-order valence-corrected chi connectivity index (χ0v) is 19.0. The van der Waals surface area contributed by atoms with Crippen LogP contribution in [-0.4, -0.2) is 46.9 Å². The molecule has 0 aliphatic carbocycles. The molecule has 0 bridgehead atoms. The second kappa shape index (κ2) is 9.33. The Morgan fingerprint density at radius 1 is 1.12 bits per heavy atom. The van der Waals surface area contributed by atoms with Crippen LogP contribution in [0.2, 0.25) is 0 Å². The minimum Gasteiger partial charge on any atom is -0.462 e. The minimum absolute atomic E-state index is 0.246. The lowest BCUT2D eigenvalue weighted by atomic mass is 10.0. The number of hydrogen-bond acceptors (Lipinski definition) is 6. The number of esters is 1. The molecule has 0 aliphatic heterocycles. The van der Waals surface area contributed by atoms with Gasteiger partial charge in [-0.2, -0.15) is 0 Å². The summed E-state index contributed by atoms with van der Waals surface area (Å²) in [7, 11) is 3.88. The molecule has 1 N–H and O–H groups in total. The molecule has 3 heterocycles. The highest BCUT2D eigenvalue weighted by Gasteiger charge is 2.25. The standard InChI is InChI=1S/C24H24N4O3S/c1-4-31-24(30)20-17(16-10-6-5-7-11-16)15-32-23(20)26-22(29)21-18(14-27(2)3)28-13-9-8-12-19(28)25-21/h5-13,15H,4,14H2,1-3H3,(H,26,29). The molecule has 3 aromatic heterocycles. The fourth-order valence-electron chi connectivity index (χ4n) is 3.53. The van der Waals surface area contributed by atoms with Crippen LogP contribution in [0.25, 0.3) is 16.8 Å². The maximum Gasteiger partial charge on any atom is 0.341 e. The molecule has 164 valence electrons. The van der Waals surface area contributed by atoms with E-state index in [1.54, 1.807) is 6.92 Å². The fraction of sp³-hybridized carbons (Fsp3) is 0.208. The van der Waals surface area contributed by atoms with Gasteiger partial charge in [-0.1, -0.05) is 36.4 Å². The fourth-order valence-corrected chi connectivity index (χ4v) is 4.48. The molecule has 0 spiro atoms. The van der Waals surface area contributed by atoms with Gasteiger partial charge in [0.15, 0.2) is 5.69 Å². The van der Waals surface area contributed by atoms with Crippen molar-refractivity contribution in [3.8, 4) is 11.1 Å². The maximum absolute atomic E-state index is 13.3. The number of amides is 1. The Kier molecular flexibility index (Phi) is 6.34. The molecule has 4 rings (SSSR count). The monoisotopic (exact) mass is 448 g/mol. The van der Waals surface area contributed by atoms with Crippen molar-refractivity contribution in [2.45, 2.75) is 13.5 Å². The van der Waals surface area contributed by atoms with Crippen LogP contribution in [-0.2, 0) is 11.3 Å². The summed E-state index contributed by atoms with van der Waals surface area (Å²) in [6.45, 7) is 2.54. The van der Waals surface area contributed by atoms with Gasteiger partial charge < -0.3 is 19.4 Å². The number of benzene rings is 1. The zero-order valence-electron chi connectivity index (χ0n) is 18.2. The molecular weight excluding hydrogens is 424 g/mol. The summed E-state index contributed by atoms with van der Waals surface area (Å²) in [5.41, 5.74) is 3.77. The van der Waals surface area contributed by atoms with Crippen molar-refractivity contribution in [3.05, 3.63) is 77.1 Å². The average Bonchev–Trinajstić information content (AvgIpc) is 3.36. The normalized spacial score (nSPS) is 11.1. The number of pyridine rings is 1. The summed E-state index contributed by atoms with van der Waals surface area (Å²) in [5, 5.41) is 5.22. The highest BCUT2D eigenvalue weighted by atomic mass is 32.1. The summed E-state index contributed by atoms with van der Waals surface area (Å²) in [6.07, 6.45) is 1.89. The van der Waals surface area contributed by atoms with Crippen LogP contribution in [0.1, 0.15) is 33.5 Å². The van der Waals surface area contributed by atoms with Crippen LogP contribution in [0.4, 0.5) is 5.00 Å². The molecular formula is C24H24N4O3S. The first-order valence-corrected chi connectivity index (χ1v) is 11.1. The quantitative estimate of drug-likeness (QED) is 0.420. The number of thiophene rings is 1. The topological polar surface area (TPSA) is 75.9 Å². The van der Waals surface area contributed by atoms with Crippen molar-refractivity contribution in [1.29, 1.82) is 0 Å². The van der Waals surface area contributed by atoms with E-state index in [0.29, 0.717) is 28.5 Å². The lowest BCUT2D eigenvalue weighted by Crippen LogP contribution is -2.20. The first kappa shape index (κ1) is 21.7.